The summed E-state index contributed by atoms with van der Waals surface area (Å²) in [6.45, 7) is 1.86. The lowest BCUT2D eigenvalue weighted by Crippen LogP contribution is -2.32. The highest BCUT2D eigenvalue weighted by Gasteiger charge is 2.23. The zero-order valence-electron chi connectivity index (χ0n) is 15.1. The normalized spacial score (nSPS) is 14.6. The van der Waals surface area contributed by atoms with Gasteiger partial charge in [-0.3, -0.25) is 4.79 Å². The van der Waals surface area contributed by atoms with Crippen LogP contribution in [0.2, 0.25) is 0 Å². The summed E-state index contributed by atoms with van der Waals surface area (Å²) in [6, 6.07) is 11.3. The molecule has 1 saturated carbocycles. The quantitative estimate of drug-likeness (QED) is 0.658. The highest BCUT2D eigenvalue weighted by atomic mass is 35.5. The predicted octanol–water partition coefficient (Wildman–Crippen LogP) is 3.47. The van der Waals surface area contributed by atoms with Crippen LogP contribution in [0.4, 0.5) is 11.4 Å². The average molecular weight is 410 g/mol. The van der Waals surface area contributed by atoms with Crippen LogP contribution in [0.3, 0.4) is 0 Å². The van der Waals surface area contributed by atoms with E-state index in [0.29, 0.717) is 11.4 Å². The van der Waals surface area contributed by atoms with E-state index in [0.717, 1.165) is 31.2 Å². The Morgan fingerprint density at radius 1 is 1.11 bits per heavy atom. The minimum atomic E-state index is -3.64. The van der Waals surface area contributed by atoms with Crippen LogP contribution in [-0.4, -0.2) is 20.4 Å². The Bertz CT molecular complexity index is 926. The summed E-state index contributed by atoms with van der Waals surface area (Å²) < 4.78 is 27.8. The van der Waals surface area contributed by atoms with Gasteiger partial charge in [0.05, 0.1) is 4.90 Å². The monoisotopic (exact) mass is 409 g/mol. The van der Waals surface area contributed by atoms with Crippen molar-refractivity contribution in [3.8, 4) is 0 Å². The molecule has 0 heterocycles. The Labute approximate surface area is 166 Å². The van der Waals surface area contributed by atoms with Crippen molar-refractivity contribution in [1.29, 1.82) is 0 Å². The van der Waals surface area contributed by atoms with Gasteiger partial charge in [0.2, 0.25) is 10.0 Å². The number of hydrogen-bond acceptors (Lipinski definition) is 4. The van der Waals surface area contributed by atoms with E-state index in [2.05, 4.69) is 10.0 Å². The third-order valence-electron chi connectivity index (χ3n) is 4.59. The van der Waals surface area contributed by atoms with E-state index in [1.54, 1.807) is 24.3 Å². The van der Waals surface area contributed by atoms with Crippen LogP contribution in [0.5, 0.6) is 0 Å². The summed E-state index contributed by atoms with van der Waals surface area (Å²) in [5.74, 6) is -0.378. The van der Waals surface area contributed by atoms with Gasteiger partial charge in [0.25, 0.3) is 5.91 Å². The van der Waals surface area contributed by atoms with Gasteiger partial charge in [0.15, 0.2) is 0 Å². The van der Waals surface area contributed by atoms with Crippen LogP contribution in [0, 0.1) is 6.92 Å². The molecule has 1 fully saturated rings. The smallest absolute Gasteiger partial charge is 0.255 e. The Morgan fingerprint density at radius 3 is 2.52 bits per heavy atom. The lowest BCUT2D eigenvalue weighted by atomic mass is 10.1. The molecule has 0 saturated heterocycles. The Morgan fingerprint density at radius 2 is 1.81 bits per heavy atom. The first-order chi connectivity index (χ1) is 12.3. The standard InChI is InChI=1S/C19H23N3O3S.ClH/c1-13-9-10-15(20)12-18(13)21-19(23)14-5-4-8-17(11-14)26(24,25)22-16-6-2-3-7-16;/h4-5,8-12,16,22H,2-3,6-7,20H2,1H3,(H,21,23);1H. The number of nitrogens with one attached hydrogen (secondary N) is 2. The van der Waals surface area contributed by atoms with Crippen molar-refractivity contribution in [2.24, 2.45) is 0 Å². The predicted molar refractivity (Wildman–Crippen MR) is 110 cm³/mol. The maximum absolute atomic E-state index is 12.6. The first kappa shape index (κ1) is 21.2. The van der Waals surface area contributed by atoms with Crippen molar-refractivity contribution in [1.82, 2.24) is 4.72 Å². The average Bonchev–Trinajstić information content (AvgIpc) is 3.10. The zero-order chi connectivity index (χ0) is 18.7. The van der Waals surface area contributed by atoms with Crippen LogP contribution in [-0.2, 0) is 10.0 Å². The first-order valence-electron chi connectivity index (χ1n) is 8.65. The van der Waals surface area contributed by atoms with Gasteiger partial charge in [-0.25, -0.2) is 13.1 Å². The van der Waals surface area contributed by atoms with Crippen molar-refractivity contribution in [2.45, 2.75) is 43.5 Å². The number of sulfonamides is 1. The van der Waals surface area contributed by atoms with E-state index in [9.17, 15) is 13.2 Å². The minimum Gasteiger partial charge on any atom is -0.399 e. The molecule has 8 heteroatoms. The molecule has 1 amide bonds. The highest BCUT2D eigenvalue weighted by Crippen LogP contribution is 2.22. The molecule has 0 radical (unpaired) electrons. The molecular weight excluding hydrogens is 386 g/mol. The topological polar surface area (TPSA) is 101 Å². The molecular formula is C19H24ClN3O3S. The van der Waals surface area contributed by atoms with Gasteiger partial charge in [0, 0.05) is 23.0 Å². The van der Waals surface area contributed by atoms with E-state index in [4.69, 9.17) is 5.73 Å². The molecule has 4 N–H and O–H groups in total. The molecule has 0 aliphatic heterocycles. The maximum atomic E-state index is 12.6. The molecule has 146 valence electrons. The Balaban J connectivity index is 0.00000261. The summed E-state index contributed by atoms with van der Waals surface area (Å²) in [4.78, 5) is 12.6. The number of hydrogen-bond donors (Lipinski definition) is 3. The lowest BCUT2D eigenvalue weighted by molar-refractivity contribution is 0.102. The number of rotatable bonds is 5. The largest absolute Gasteiger partial charge is 0.399 e. The number of aryl methyl sites for hydroxylation is 1. The van der Waals surface area contributed by atoms with Gasteiger partial charge in [-0.15, -0.1) is 12.4 Å². The van der Waals surface area contributed by atoms with Crippen LogP contribution in [0.1, 0.15) is 41.6 Å². The second-order valence-electron chi connectivity index (χ2n) is 6.66. The van der Waals surface area contributed by atoms with Crippen molar-refractivity contribution < 1.29 is 13.2 Å². The van der Waals surface area contributed by atoms with E-state index < -0.39 is 10.0 Å². The number of halogens is 1. The third-order valence-corrected chi connectivity index (χ3v) is 6.11. The number of benzene rings is 2. The Hall–Kier alpha value is -2.09. The van der Waals surface area contributed by atoms with Crippen LogP contribution >= 0.6 is 12.4 Å². The van der Waals surface area contributed by atoms with E-state index in [1.807, 2.05) is 13.0 Å². The van der Waals surface area contributed by atoms with Gasteiger partial charge in [-0.2, -0.15) is 0 Å². The van der Waals surface area contributed by atoms with Gasteiger partial charge in [0.1, 0.15) is 0 Å². The summed E-state index contributed by atoms with van der Waals surface area (Å²) >= 11 is 0. The molecule has 2 aromatic rings. The van der Waals surface area contributed by atoms with Gasteiger partial charge >= 0.3 is 0 Å². The zero-order valence-corrected chi connectivity index (χ0v) is 16.7. The molecule has 0 bridgehead atoms. The van der Waals surface area contributed by atoms with Crippen LogP contribution < -0.4 is 15.8 Å². The fraction of sp³-hybridized carbons (Fsp3) is 0.316. The summed E-state index contributed by atoms with van der Waals surface area (Å²) in [6.07, 6.45) is 3.78. The van der Waals surface area contributed by atoms with Crippen LogP contribution in [0.25, 0.3) is 0 Å². The van der Waals surface area contributed by atoms with E-state index in [1.165, 1.54) is 12.1 Å². The van der Waals surface area contributed by atoms with E-state index >= 15 is 0 Å². The fourth-order valence-electron chi connectivity index (χ4n) is 3.10. The molecule has 0 unspecified atom stereocenters. The highest BCUT2D eigenvalue weighted by molar-refractivity contribution is 7.89. The van der Waals surface area contributed by atoms with Gasteiger partial charge < -0.3 is 11.1 Å². The minimum absolute atomic E-state index is 0. The van der Waals surface area contributed by atoms with Crippen molar-refractivity contribution in [2.75, 3.05) is 11.1 Å². The third kappa shape index (κ3) is 5.22. The van der Waals surface area contributed by atoms with Crippen molar-refractivity contribution in [3.05, 3.63) is 53.6 Å². The molecule has 2 aromatic carbocycles. The number of carbonyl (C=O) groups is 1. The molecule has 1 aliphatic rings. The van der Waals surface area contributed by atoms with Gasteiger partial charge in [-0.1, -0.05) is 25.0 Å². The molecule has 6 nitrogen and oxygen atoms in total. The summed E-state index contributed by atoms with van der Waals surface area (Å²) in [5, 5.41) is 2.78. The van der Waals surface area contributed by atoms with Crippen LogP contribution in [0.15, 0.2) is 47.4 Å². The molecule has 0 atom stereocenters. The van der Waals surface area contributed by atoms with Crippen molar-refractivity contribution >= 4 is 39.7 Å². The maximum Gasteiger partial charge on any atom is 0.255 e. The second-order valence-corrected chi connectivity index (χ2v) is 8.37. The first-order valence-corrected chi connectivity index (χ1v) is 10.1. The molecule has 1 aliphatic carbocycles. The molecule has 0 aromatic heterocycles. The van der Waals surface area contributed by atoms with Gasteiger partial charge in [-0.05, 0) is 55.7 Å². The van der Waals surface area contributed by atoms with Crippen molar-refractivity contribution in [3.63, 3.8) is 0 Å². The second kappa shape index (κ2) is 8.73. The summed E-state index contributed by atoms with van der Waals surface area (Å²) in [7, 11) is -3.64. The SMILES string of the molecule is Cc1ccc(N)cc1NC(=O)c1cccc(S(=O)(=O)NC2CCCC2)c1.Cl. The Kier molecular flexibility index (Phi) is 6.86. The lowest BCUT2D eigenvalue weighted by Gasteiger charge is -2.13. The molecule has 0 spiro atoms. The number of carbonyl (C=O) groups excluding carboxylic acids is 1. The summed E-state index contributed by atoms with van der Waals surface area (Å²) in [5.41, 5.74) is 8.06. The molecule has 3 rings (SSSR count). The number of anilines is 2. The number of amides is 1. The molecule has 27 heavy (non-hydrogen) atoms. The number of nitrogens with two attached hydrogens (primary N) is 1. The van der Waals surface area contributed by atoms with E-state index in [-0.39, 0.29) is 34.8 Å². The number of nitrogen functional groups attached to an aromatic ring is 1. The fourth-order valence-corrected chi connectivity index (χ4v) is 4.45.